The van der Waals surface area contributed by atoms with Crippen LogP contribution in [0.2, 0.25) is 15.1 Å². The molecule has 0 fully saturated rings. The summed E-state index contributed by atoms with van der Waals surface area (Å²) in [6, 6.07) is 10.5. The second-order valence-electron chi connectivity index (χ2n) is 7.14. The van der Waals surface area contributed by atoms with Crippen LogP contribution < -0.4 is 10.6 Å². The summed E-state index contributed by atoms with van der Waals surface area (Å²) in [6.45, 7) is 5.42. The Hall–Kier alpha value is -2.54. The summed E-state index contributed by atoms with van der Waals surface area (Å²) in [7, 11) is 0. The topological polar surface area (TPSA) is 76.0 Å². The Morgan fingerprint density at radius 1 is 0.968 bits per heavy atom. The Labute approximate surface area is 195 Å². The van der Waals surface area contributed by atoms with Crippen molar-refractivity contribution in [2.75, 3.05) is 11.9 Å². The normalized spacial score (nSPS) is 10.8. The molecular weight excluding hydrogens is 459 g/mol. The van der Waals surface area contributed by atoms with E-state index in [4.69, 9.17) is 34.8 Å². The van der Waals surface area contributed by atoms with Crippen LogP contribution in [0.1, 0.15) is 22.5 Å². The quantitative estimate of drug-likeness (QED) is 0.519. The van der Waals surface area contributed by atoms with Crippen LogP contribution in [0.4, 0.5) is 5.69 Å². The van der Waals surface area contributed by atoms with E-state index in [0.29, 0.717) is 32.1 Å². The number of hydrogen-bond donors (Lipinski definition) is 2. The molecule has 0 bridgehead atoms. The van der Waals surface area contributed by atoms with E-state index < -0.39 is 0 Å². The lowest BCUT2D eigenvalue weighted by molar-refractivity contribution is -0.123. The van der Waals surface area contributed by atoms with E-state index in [1.807, 2.05) is 26.8 Å². The fourth-order valence-electron chi connectivity index (χ4n) is 3.14. The van der Waals surface area contributed by atoms with Gasteiger partial charge in [-0.1, -0.05) is 40.9 Å². The second-order valence-corrected chi connectivity index (χ2v) is 8.39. The Balaban J connectivity index is 1.64. The van der Waals surface area contributed by atoms with Crippen molar-refractivity contribution >= 4 is 52.3 Å². The standard InChI is InChI=1S/C22H21Cl3N4O2/c1-12-4-6-19(17(24)8-12)27-22(31)11-26-21(30)10-16-13(2)28-29(14(16)3)20-7-5-15(23)9-18(20)25/h4-9H,10-11H2,1-3H3,(H,26,30)(H,27,31). The van der Waals surface area contributed by atoms with Crippen molar-refractivity contribution in [3.05, 3.63) is 74.0 Å². The summed E-state index contributed by atoms with van der Waals surface area (Å²) in [4.78, 5) is 24.6. The molecule has 0 aliphatic rings. The number of benzene rings is 2. The molecule has 2 amide bonds. The Morgan fingerprint density at radius 3 is 2.39 bits per heavy atom. The number of carbonyl (C=O) groups excluding carboxylic acids is 2. The molecule has 2 aromatic carbocycles. The number of nitrogens with one attached hydrogen (secondary N) is 2. The summed E-state index contributed by atoms with van der Waals surface area (Å²) in [5.74, 6) is -0.658. The number of nitrogens with zero attached hydrogens (tertiary/aromatic N) is 2. The smallest absolute Gasteiger partial charge is 0.243 e. The third-order valence-corrected chi connectivity index (χ3v) is 5.61. The van der Waals surface area contributed by atoms with Crippen molar-refractivity contribution in [2.45, 2.75) is 27.2 Å². The molecule has 31 heavy (non-hydrogen) atoms. The van der Waals surface area contributed by atoms with Gasteiger partial charge in [0.1, 0.15) is 0 Å². The van der Waals surface area contributed by atoms with E-state index in [2.05, 4.69) is 15.7 Å². The average molecular weight is 480 g/mol. The molecule has 3 rings (SSSR count). The first kappa shape index (κ1) is 23.1. The first-order chi connectivity index (χ1) is 14.7. The van der Waals surface area contributed by atoms with Gasteiger partial charge in [0.05, 0.1) is 40.1 Å². The minimum Gasteiger partial charge on any atom is -0.347 e. The molecule has 1 heterocycles. The monoisotopic (exact) mass is 478 g/mol. The largest absolute Gasteiger partial charge is 0.347 e. The SMILES string of the molecule is Cc1ccc(NC(=O)CNC(=O)Cc2c(C)nn(-c3ccc(Cl)cc3Cl)c2C)c(Cl)c1. The van der Waals surface area contributed by atoms with E-state index in [9.17, 15) is 9.59 Å². The minimum atomic E-state index is -0.365. The molecular formula is C22H21Cl3N4O2. The van der Waals surface area contributed by atoms with Crippen LogP contribution in [0.25, 0.3) is 5.69 Å². The summed E-state index contributed by atoms with van der Waals surface area (Å²) in [5, 5.41) is 11.3. The molecule has 0 aliphatic carbocycles. The molecule has 0 unspecified atom stereocenters. The zero-order valence-electron chi connectivity index (χ0n) is 17.2. The highest BCUT2D eigenvalue weighted by Gasteiger charge is 2.18. The molecule has 0 saturated carbocycles. The summed E-state index contributed by atoms with van der Waals surface area (Å²) in [6.07, 6.45) is 0.0848. The average Bonchev–Trinajstić information content (AvgIpc) is 2.96. The molecule has 0 aliphatic heterocycles. The van der Waals surface area contributed by atoms with Crippen molar-refractivity contribution in [1.82, 2.24) is 15.1 Å². The molecule has 2 N–H and O–H groups in total. The summed E-state index contributed by atoms with van der Waals surface area (Å²) in [5.41, 5.74) is 4.42. The van der Waals surface area contributed by atoms with Gasteiger partial charge in [-0.25, -0.2) is 4.68 Å². The molecule has 162 valence electrons. The number of halogens is 3. The Morgan fingerprint density at radius 2 is 1.71 bits per heavy atom. The van der Waals surface area contributed by atoms with Gasteiger partial charge in [-0.05, 0) is 56.7 Å². The third kappa shape index (κ3) is 5.58. The van der Waals surface area contributed by atoms with Gasteiger partial charge in [0.15, 0.2) is 0 Å². The van der Waals surface area contributed by atoms with Gasteiger partial charge in [-0.2, -0.15) is 5.10 Å². The number of rotatable bonds is 6. The lowest BCUT2D eigenvalue weighted by atomic mass is 10.1. The molecule has 0 spiro atoms. The second kappa shape index (κ2) is 9.73. The lowest BCUT2D eigenvalue weighted by Gasteiger charge is -2.10. The van der Waals surface area contributed by atoms with Crippen molar-refractivity contribution in [1.29, 1.82) is 0 Å². The summed E-state index contributed by atoms with van der Waals surface area (Å²) >= 11 is 18.4. The fraction of sp³-hybridized carbons (Fsp3) is 0.227. The van der Waals surface area contributed by atoms with Gasteiger partial charge in [0, 0.05) is 16.3 Å². The number of carbonyl (C=O) groups is 2. The predicted molar refractivity (Wildman–Crippen MR) is 125 cm³/mol. The van der Waals surface area contributed by atoms with E-state index in [-0.39, 0.29) is 24.8 Å². The Kier molecular flexibility index (Phi) is 7.26. The van der Waals surface area contributed by atoms with Gasteiger partial charge in [0.25, 0.3) is 0 Å². The molecule has 3 aromatic rings. The van der Waals surface area contributed by atoms with Crippen molar-refractivity contribution in [3.63, 3.8) is 0 Å². The molecule has 9 heteroatoms. The highest BCUT2D eigenvalue weighted by atomic mass is 35.5. The number of hydrogen-bond acceptors (Lipinski definition) is 3. The predicted octanol–water partition coefficient (Wildman–Crippen LogP) is 5.06. The first-order valence-electron chi connectivity index (χ1n) is 9.49. The van der Waals surface area contributed by atoms with Gasteiger partial charge in [0.2, 0.25) is 11.8 Å². The van der Waals surface area contributed by atoms with E-state index >= 15 is 0 Å². The minimum absolute atomic E-state index is 0.0848. The van der Waals surface area contributed by atoms with Crippen molar-refractivity contribution in [2.24, 2.45) is 0 Å². The van der Waals surface area contributed by atoms with Gasteiger partial charge >= 0.3 is 0 Å². The molecule has 6 nitrogen and oxygen atoms in total. The number of amides is 2. The van der Waals surface area contributed by atoms with Crippen LogP contribution in [-0.2, 0) is 16.0 Å². The maximum atomic E-state index is 12.4. The highest BCUT2D eigenvalue weighted by molar-refractivity contribution is 6.35. The fourth-order valence-corrected chi connectivity index (χ4v) is 3.91. The van der Waals surface area contributed by atoms with Crippen molar-refractivity contribution < 1.29 is 9.59 Å². The van der Waals surface area contributed by atoms with Crippen LogP contribution in [-0.4, -0.2) is 28.1 Å². The van der Waals surface area contributed by atoms with Crippen LogP contribution in [0.5, 0.6) is 0 Å². The van der Waals surface area contributed by atoms with Crippen LogP contribution >= 0.6 is 34.8 Å². The van der Waals surface area contributed by atoms with Gasteiger partial charge < -0.3 is 10.6 Å². The Bertz CT molecular complexity index is 1160. The zero-order chi connectivity index (χ0) is 22.7. The van der Waals surface area contributed by atoms with Crippen LogP contribution in [0, 0.1) is 20.8 Å². The highest BCUT2D eigenvalue weighted by Crippen LogP contribution is 2.27. The van der Waals surface area contributed by atoms with Crippen molar-refractivity contribution in [3.8, 4) is 5.69 Å². The number of anilines is 1. The first-order valence-corrected chi connectivity index (χ1v) is 10.6. The maximum absolute atomic E-state index is 12.4. The third-order valence-electron chi connectivity index (χ3n) is 4.76. The van der Waals surface area contributed by atoms with E-state index in [1.54, 1.807) is 35.0 Å². The van der Waals surface area contributed by atoms with E-state index in [0.717, 1.165) is 16.8 Å². The molecule has 0 saturated heterocycles. The van der Waals surface area contributed by atoms with Crippen LogP contribution in [0.3, 0.4) is 0 Å². The zero-order valence-corrected chi connectivity index (χ0v) is 19.5. The van der Waals surface area contributed by atoms with Crippen LogP contribution in [0.15, 0.2) is 36.4 Å². The van der Waals surface area contributed by atoms with Gasteiger partial charge in [-0.3, -0.25) is 9.59 Å². The summed E-state index contributed by atoms with van der Waals surface area (Å²) < 4.78 is 1.68. The molecule has 1 aromatic heterocycles. The number of aromatic nitrogens is 2. The number of aryl methyl sites for hydroxylation is 2. The van der Waals surface area contributed by atoms with Gasteiger partial charge in [-0.15, -0.1) is 0 Å². The maximum Gasteiger partial charge on any atom is 0.243 e. The molecule has 0 atom stereocenters. The molecule has 0 radical (unpaired) electrons. The lowest BCUT2D eigenvalue weighted by Crippen LogP contribution is -2.34. The van der Waals surface area contributed by atoms with E-state index in [1.165, 1.54) is 0 Å².